The number of aliphatic hydroxyl groups is 1. The Morgan fingerprint density at radius 2 is 1.83 bits per heavy atom. The lowest BCUT2D eigenvalue weighted by Crippen LogP contribution is -2.30. The van der Waals surface area contributed by atoms with Crippen molar-refractivity contribution < 1.29 is 19.1 Å². The van der Waals surface area contributed by atoms with Crippen LogP contribution in [0.1, 0.15) is 21.5 Å². The van der Waals surface area contributed by atoms with Crippen LogP contribution in [0.2, 0.25) is 0 Å². The lowest BCUT2D eigenvalue weighted by atomic mass is 9.99. The van der Waals surface area contributed by atoms with E-state index in [-0.39, 0.29) is 11.3 Å². The summed E-state index contributed by atoms with van der Waals surface area (Å²) in [5.41, 5.74) is 0.667. The molecular formula is C23H15NO4S. The van der Waals surface area contributed by atoms with E-state index < -0.39 is 23.5 Å². The highest BCUT2D eigenvalue weighted by atomic mass is 32.1. The van der Waals surface area contributed by atoms with E-state index in [0.717, 1.165) is 15.6 Å². The molecule has 2 aromatic heterocycles. The molecule has 5 nitrogen and oxygen atoms in total. The Kier molecular flexibility index (Phi) is 4.07. The van der Waals surface area contributed by atoms with Gasteiger partial charge in [0.25, 0.3) is 5.91 Å². The highest BCUT2D eigenvalue weighted by molar-refractivity contribution is 7.10. The van der Waals surface area contributed by atoms with Crippen LogP contribution in [0.15, 0.2) is 94.1 Å². The highest BCUT2D eigenvalue weighted by Gasteiger charge is 2.46. The molecule has 0 aliphatic carbocycles. The van der Waals surface area contributed by atoms with Gasteiger partial charge in [-0.15, -0.1) is 11.3 Å². The lowest BCUT2D eigenvalue weighted by Gasteiger charge is -2.26. The fraction of sp³-hybridized carbons (Fsp3) is 0.0435. The second-order valence-electron chi connectivity index (χ2n) is 6.66. The van der Waals surface area contributed by atoms with Gasteiger partial charge in [0.05, 0.1) is 17.5 Å². The molecule has 1 aliphatic rings. The summed E-state index contributed by atoms with van der Waals surface area (Å²) < 4.78 is 5.25. The summed E-state index contributed by atoms with van der Waals surface area (Å²) in [6.07, 6.45) is 1.39. The molecule has 0 bridgehead atoms. The molecule has 0 saturated heterocycles. The average molecular weight is 401 g/mol. The topological polar surface area (TPSA) is 70.8 Å². The lowest BCUT2D eigenvalue weighted by molar-refractivity contribution is -0.117. The van der Waals surface area contributed by atoms with Gasteiger partial charge in [-0.2, -0.15) is 0 Å². The number of hydrogen-bond donors (Lipinski definition) is 1. The van der Waals surface area contributed by atoms with Gasteiger partial charge in [-0.25, -0.2) is 0 Å². The number of anilines is 1. The summed E-state index contributed by atoms with van der Waals surface area (Å²) in [4.78, 5) is 28.6. The zero-order valence-corrected chi connectivity index (χ0v) is 15.9. The fourth-order valence-electron chi connectivity index (χ4n) is 3.76. The molecule has 0 saturated carbocycles. The summed E-state index contributed by atoms with van der Waals surface area (Å²) in [6.45, 7) is 0. The predicted molar refractivity (Wildman–Crippen MR) is 111 cm³/mol. The normalized spacial score (nSPS) is 16.8. The number of ketones is 1. The Balaban J connectivity index is 1.72. The molecule has 3 heterocycles. The van der Waals surface area contributed by atoms with Crippen molar-refractivity contribution in [1.82, 2.24) is 0 Å². The molecule has 142 valence electrons. The summed E-state index contributed by atoms with van der Waals surface area (Å²) >= 11 is 1.42. The van der Waals surface area contributed by atoms with Crippen LogP contribution < -0.4 is 4.90 Å². The molecule has 4 aromatic rings. The molecule has 1 amide bonds. The maximum absolute atomic E-state index is 13.2. The summed E-state index contributed by atoms with van der Waals surface area (Å²) in [5, 5.41) is 14.4. The summed E-state index contributed by atoms with van der Waals surface area (Å²) in [6, 6.07) is 19.5. The molecule has 1 N–H and O–H groups in total. The summed E-state index contributed by atoms with van der Waals surface area (Å²) in [7, 11) is 0. The maximum Gasteiger partial charge on any atom is 0.294 e. The van der Waals surface area contributed by atoms with Gasteiger partial charge in [-0.1, -0.05) is 42.5 Å². The molecular weight excluding hydrogens is 386 g/mol. The molecule has 0 spiro atoms. The van der Waals surface area contributed by atoms with E-state index >= 15 is 0 Å². The van der Waals surface area contributed by atoms with Crippen LogP contribution in [0.5, 0.6) is 0 Å². The number of furan rings is 1. The Bertz CT molecular complexity index is 1250. The molecule has 5 rings (SSSR count). The predicted octanol–water partition coefficient (Wildman–Crippen LogP) is 5.28. The number of amides is 1. The third kappa shape index (κ3) is 2.68. The third-order valence-corrected chi connectivity index (χ3v) is 5.96. The number of thiophene rings is 1. The van der Waals surface area contributed by atoms with Crippen molar-refractivity contribution in [3.8, 4) is 0 Å². The third-order valence-electron chi connectivity index (χ3n) is 5.04. The Morgan fingerprint density at radius 1 is 1.00 bits per heavy atom. The molecule has 29 heavy (non-hydrogen) atoms. The van der Waals surface area contributed by atoms with Crippen LogP contribution in [0.4, 0.5) is 5.69 Å². The van der Waals surface area contributed by atoms with E-state index in [9.17, 15) is 14.7 Å². The van der Waals surface area contributed by atoms with Crippen LogP contribution >= 0.6 is 11.3 Å². The number of Topliss-reactive ketones (excluding diaryl/α,β-unsaturated/α-hetero) is 1. The van der Waals surface area contributed by atoms with Crippen LogP contribution in [0, 0.1) is 0 Å². The molecule has 0 fully saturated rings. The van der Waals surface area contributed by atoms with Crippen molar-refractivity contribution in [2.24, 2.45) is 0 Å². The van der Waals surface area contributed by atoms with E-state index in [2.05, 4.69) is 0 Å². The smallest absolute Gasteiger partial charge is 0.294 e. The molecule has 1 aliphatic heterocycles. The van der Waals surface area contributed by atoms with Crippen molar-refractivity contribution in [3.05, 3.63) is 100 Å². The SMILES string of the molecule is O=C(C1=C(O)C(=O)N(c2cccc3ccccc23)C1c1cccs1)c1ccco1. The minimum Gasteiger partial charge on any atom is -0.503 e. The number of aliphatic hydroxyl groups excluding tert-OH is 1. The Labute approximate surface area is 170 Å². The largest absolute Gasteiger partial charge is 0.503 e. The van der Waals surface area contributed by atoms with Gasteiger partial charge in [0.1, 0.15) is 6.04 Å². The highest BCUT2D eigenvalue weighted by Crippen LogP contribution is 2.45. The summed E-state index contributed by atoms with van der Waals surface area (Å²) in [5.74, 6) is -1.56. The molecule has 2 aromatic carbocycles. The second kappa shape index (κ2) is 6.76. The molecule has 1 unspecified atom stereocenters. The van der Waals surface area contributed by atoms with Gasteiger partial charge in [-0.05, 0) is 35.0 Å². The van der Waals surface area contributed by atoms with Crippen LogP contribution in [0.25, 0.3) is 10.8 Å². The van der Waals surface area contributed by atoms with Gasteiger partial charge < -0.3 is 9.52 Å². The number of benzene rings is 2. The number of hydrogen-bond acceptors (Lipinski definition) is 5. The van der Waals surface area contributed by atoms with Crippen molar-refractivity contribution in [2.75, 3.05) is 4.90 Å². The van der Waals surface area contributed by atoms with Crippen molar-refractivity contribution in [1.29, 1.82) is 0 Å². The van der Waals surface area contributed by atoms with Crippen LogP contribution in [0.3, 0.4) is 0 Å². The minimum absolute atomic E-state index is 0.0281. The minimum atomic E-state index is -0.731. The first kappa shape index (κ1) is 17.5. The zero-order valence-electron chi connectivity index (χ0n) is 15.1. The first-order valence-electron chi connectivity index (χ1n) is 9.03. The fourth-order valence-corrected chi connectivity index (χ4v) is 4.58. The first-order valence-corrected chi connectivity index (χ1v) is 9.91. The molecule has 0 radical (unpaired) electrons. The van der Waals surface area contributed by atoms with Gasteiger partial charge in [0.2, 0.25) is 5.78 Å². The number of nitrogens with zero attached hydrogens (tertiary/aromatic N) is 1. The zero-order chi connectivity index (χ0) is 20.0. The maximum atomic E-state index is 13.2. The van der Waals surface area contributed by atoms with Gasteiger partial charge in [0.15, 0.2) is 11.5 Å². The van der Waals surface area contributed by atoms with Gasteiger partial charge in [0, 0.05) is 10.3 Å². The van der Waals surface area contributed by atoms with E-state index in [1.807, 2.05) is 60.0 Å². The number of rotatable bonds is 4. The first-order chi connectivity index (χ1) is 14.2. The van der Waals surface area contributed by atoms with Crippen molar-refractivity contribution in [2.45, 2.75) is 6.04 Å². The number of carbonyl (C=O) groups is 2. The number of carbonyl (C=O) groups excluding carboxylic acids is 2. The van der Waals surface area contributed by atoms with E-state index in [0.29, 0.717) is 5.69 Å². The Hall–Kier alpha value is -3.64. The van der Waals surface area contributed by atoms with Gasteiger partial charge in [-0.3, -0.25) is 14.5 Å². The van der Waals surface area contributed by atoms with E-state index in [1.54, 1.807) is 6.07 Å². The standard InChI is InChI=1S/C23H15NO4S/c25-21(17-10-4-12-28-17)19-20(18-11-5-13-29-18)24(23(27)22(19)26)16-9-3-7-14-6-1-2-8-15(14)16/h1-13,20,26H. The van der Waals surface area contributed by atoms with Crippen LogP contribution in [-0.4, -0.2) is 16.8 Å². The van der Waals surface area contributed by atoms with Crippen molar-refractivity contribution in [3.63, 3.8) is 0 Å². The molecule has 1 atom stereocenters. The van der Waals surface area contributed by atoms with Crippen molar-refractivity contribution >= 4 is 39.5 Å². The molecule has 6 heteroatoms. The number of fused-ring (bicyclic) bond motifs is 1. The van der Waals surface area contributed by atoms with E-state index in [1.165, 1.54) is 28.6 Å². The van der Waals surface area contributed by atoms with Crippen LogP contribution in [-0.2, 0) is 4.79 Å². The second-order valence-corrected chi connectivity index (χ2v) is 7.64. The average Bonchev–Trinajstić information content (AvgIpc) is 3.50. The Morgan fingerprint density at radius 3 is 2.59 bits per heavy atom. The monoisotopic (exact) mass is 401 g/mol. The van der Waals surface area contributed by atoms with Gasteiger partial charge >= 0.3 is 0 Å². The quantitative estimate of drug-likeness (QED) is 0.473. The van der Waals surface area contributed by atoms with E-state index in [4.69, 9.17) is 4.42 Å².